The van der Waals surface area contributed by atoms with Crippen LogP contribution < -0.4 is 0 Å². The number of carbonyl (C=O) groups is 2. The van der Waals surface area contributed by atoms with Gasteiger partial charge < -0.3 is 14.4 Å². The highest BCUT2D eigenvalue weighted by molar-refractivity contribution is 5.72. The van der Waals surface area contributed by atoms with Gasteiger partial charge in [0.1, 0.15) is 5.78 Å². The van der Waals surface area contributed by atoms with Crippen LogP contribution in [-0.4, -0.2) is 44.4 Å². The average molecular weight is 203 g/mol. The highest BCUT2D eigenvalue weighted by atomic mass is 16.5. The summed E-state index contributed by atoms with van der Waals surface area (Å²) >= 11 is 0. The van der Waals surface area contributed by atoms with Crippen molar-refractivity contribution in [1.29, 1.82) is 0 Å². The quantitative estimate of drug-likeness (QED) is 0.599. The van der Waals surface area contributed by atoms with Gasteiger partial charge in [-0.3, -0.25) is 4.79 Å². The third-order valence-corrected chi connectivity index (χ3v) is 1.04. The number of rotatable bonds is 1. The Bertz CT molecular complexity index is 131. The van der Waals surface area contributed by atoms with Crippen LogP contribution in [0.1, 0.15) is 26.7 Å². The zero-order valence-electron chi connectivity index (χ0n) is 9.58. The monoisotopic (exact) mass is 203 g/mol. The molecule has 0 aromatic rings. The molecule has 0 aromatic carbocycles. The summed E-state index contributed by atoms with van der Waals surface area (Å²) in [5.41, 5.74) is 0. The van der Waals surface area contributed by atoms with Gasteiger partial charge in [-0.1, -0.05) is 0 Å². The summed E-state index contributed by atoms with van der Waals surface area (Å²) in [7, 11) is 3.38. The number of carbonyl (C=O) groups excluding carboxylic acids is 2. The molecule has 1 fully saturated rings. The van der Waals surface area contributed by atoms with Crippen LogP contribution >= 0.6 is 0 Å². The largest absolute Gasteiger partial charge is 0.381 e. The van der Waals surface area contributed by atoms with Crippen molar-refractivity contribution in [3.8, 4) is 0 Å². The van der Waals surface area contributed by atoms with Gasteiger partial charge in [0.2, 0.25) is 6.41 Å². The highest BCUT2D eigenvalue weighted by Gasteiger charge is 1.94. The van der Waals surface area contributed by atoms with Crippen molar-refractivity contribution in [2.24, 2.45) is 0 Å². The van der Waals surface area contributed by atoms with Crippen LogP contribution in [0.2, 0.25) is 0 Å². The first-order valence-electron chi connectivity index (χ1n) is 4.67. The Kier molecular flexibility index (Phi) is 13.5. The highest BCUT2D eigenvalue weighted by Crippen LogP contribution is 1.98. The first-order valence-corrected chi connectivity index (χ1v) is 4.67. The molecule has 0 radical (unpaired) electrons. The SMILES string of the molecule is C1CCOC1.CC(C)=O.CN(C)C=O. The Morgan fingerprint density at radius 2 is 1.50 bits per heavy atom. The lowest BCUT2D eigenvalue weighted by atomic mass is 10.4. The van der Waals surface area contributed by atoms with Gasteiger partial charge >= 0.3 is 0 Å². The molecule has 0 saturated carbocycles. The molecule has 0 aromatic heterocycles. The number of hydrogen-bond acceptors (Lipinski definition) is 3. The molecule has 4 nitrogen and oxygen atoms in total. The summed E-state index contributed by atoms with van der Waals surface area (Å²) in [6, 6.07) is 0. The van der Waals surface area contributed by atoms with E-state index in [1.807, 2.05) is 0 Å². The zero-order valence-corrected chi connectivity index (χ0v) is 9.58. The number of nitrogens with zero attached hydrogens (tertiary/aromatic N) is 1. The molecule has 1 rings (SSSR count). The first-order chi connectivity index (χ1) is 6.50. The maximum absolute atomic E-state index is 9.44. The maximum atomic E-state index is 9.44. The fourth-order valence-electron chi connectivity index (χ4n) is 0.510. The van der Waals surface area contributed by atoms with Crippen molar-refractivity contribution in [1.82, 2.24) is 4.90 Å². The first kappa shape index (κ1) is 15.6. The number of ether oxygens (including phenoxy) is 1. The van der Waals surface area contributed by atoms with Gasteiger partial charge in [-0.15, -0.1) is 0 Å². The molecule has 4 heteroatoms. The smallest absolute Gasteiger partial charge is 0.209 e. The molecule has 0 atom stereocenters. The van der Waals surface area contributed by atoms with Crippen LogP contribution in [0, 0.1) is 0 Å². The average Bonchev–Trinajstić information content (AvgIpc) is 2.59. The van der Waals surface area contributed by atoms with Crippen LogP contribution in [0.4, 0.5) is 0 Å². The van der Waals surface area contributed by atoms with Crippen molar-refractivity contribution in [3.05, 3.63) is 0 Å². The normalized spacial score (nSPS) is 12.9. The standard InChI is InChI=1S/C4H8O.C3H7NO.C3H6O/c1-2-4-5-3-1;1-4(2)3-5;1-3(2)4/h1-4H2;3H,1-2H3;1-2H3. The summed E-state index contributed by atoms with van der Waals surface area (Å²) in [5.74, 6) is 0.167. The molecule has 0 unspecified atom stereocenters. The van der Waals surface area contributed by atoms with E-state index in [9.17, 15) is 9.59 Å². The molecule has 0 aliphatic carbocycles. The van der Waals surface area contributed by atoms with Crippen molar-refractivity contribution in [2.75, 3.05) is 27.3 Å². The Morgan fingerprint density at radius 1 is 1.21 bits per heavy atom. The second-order valence-electron chi connectivity index (χ2n) is 3.30. The van der Waals surface area contributed by atoms with Crippen LogP contribution in [-0.2, 0) is 14.3 Å². The van der Waals surface area contributed by atoms with Crippen LogP contribution in [0.15, 0.2) is 0 Å². The minimum atomic E-state index is 0.167. The molecule has 0 bridgehead atoms. The fraction of sp³-hybridized carbons (Fsp3) is 0.800. The minimum absolute atomic E-state index is 0.167. The predicted octanol–water partition coefficient (Wildman–Crippen LogP) is 1.10. The van der Waals surface area contributed by atoms with Gasteiger partial charge in [0.25, 0.3) is 0 Å². The zero-order chi connectivity index (χ0) is 11.4. The van der Waals surface area contributed by atoms with E-state index < -0.39 is 0 Å². The molecule has 1 aliphatic rings. The van der Waals surface area contributed by atoms with Crippen LogP contribution in [0.5, 0.6) is 0 Å². The van der Waals surface area contributed by atoms with Crippen molar-refractivity contribution in [2.45, 2.75) is 26.7 Å². The third kappa shape index (κ3) is 30.4. The van der Waals surface area contributed by atoms with Gasteiger partial charge in [0.15, 0.2) is 0 Å². The fourth-order valence-corrected chi connectivity index (χ4v) is 0.510. The van der Waals surface area contributed by atoms with E-state index in [2.05, 4.69) is 0 Å². The van der Waals surface area contributed by atoms with E-state index in [4.69, 9.17) is 4.74 Å². The summed E-state index contributed by atoms with van der Waals surface area (Å²) in [6.45, 7) is 5.06. The van der Waals surface area contributed by atoms with Crippen molar-refractivity contribution >= 4 is 12.2 Å². The van der Waals surface area contributed by atoms with Gasteiger partial charge in [-0.2, -0.15) is 0 Å². The topological polar surface area (TPSA) is 46.6 Å². The van der Waals surface area contributed by atoms with E-state index in [1.165, 1.54) is 31.6 Å². The third-order valence-electron chi connectivity index (χ3n) is 1.04. The van der Waals surface area contributed by atoms with E-state index >= 15 is 0 Å². The predicted molar refractivity (Wildman–Crippen MR) is 56.2 cm³/mol. The van der Waals surface area contributed by atoms with Gasteiger partial charge in [0, 0.05) is 27.3 Å². The molecule has 1 amide bonds. The number of Topliss-reactive ketones (excluding diaryl/α,β-unsaturated/α-hetero) is 1. The summed E-state index contributed by atoms with van der Waals surface area (Å²) in [5, 5.41) is 0. The number of hydrogen-bond donors (Lipinski definition) is 0. The lowest BCUT2D eigenvalue weighted by Gasteiger charge is -1.93. The molecular formula is C10H21NO3. The minimum Gasteiger partial charge on any atom is -0.381 e. The van der Waals surface area contributed by atoms with Gasteiger partial charge in [0.05, 0.1) is 0 Å². The Balaban J connectivity index is 0. The van der Waals surface area contributed by atoms with E-state index in [0.29, 0.717) is 0 Å². The second-order valence-corrected chi connectivity index (χ2v) is 3.30. The van der Waals surface area contributed by atoms with Crippen LogP contribution in [0.3, 0.4) is 0 Å². The molecular weight excluding hydrogens is 182 g/mol. The molecule has 0 spiro atoms. The maximum Gasteiger partial charge on any atom is 0.209 e. The van der Waals surface area contributed by atoms with Crippen molar-refractivity contribution in [3.63, 3.8) is 0 Å². The lowest BCUT2D eigenvalue weighted by Crippen LogP contribution is -2.06. The molecule has 0 N–H and O–H groups in total. The Morgan fingerprint density at radius 3 is 1.57 bits per heavy atom. The Labute approximate surface area is 86.2 Å². The van der Waals surface area contributed by atoms with Crippen molar-refractivity contribution < 1.29 is 14.3 Å². The molecule has 1 heterocycles. The molecule has 1 saturated heterocycles. The van der Waals surface area contributed by atoms with E-state index in [0.717, 1.165) is 19.6 Å². The second kappa shape index (κ2) is 12.1. The summed E-state index contributed by atoms with van der Waals surface area (Å²) in [6.07, 6.45) is 3.31. The molecule has 84 valence electrons. The van der Waals surface area contributed by atoms with E-state index in [-0.39, 0.29) is 5.78 Å². The van der Waals surface area contributed by atoms with Crippen LogP contribution in [0.25, 0.3) is 0 Å². The van der Waals surface area contributed by atoms with Gasteiger partial charge in [-0.05, 0) is 26.7 Å². The Hall–Kier alpha value is -0.900. The molecule has 14 heavy (non-hydrogen) atoms. The summed E-state index contributed by atoms with van der Waals surface area (Å²) in [4.78, 5) is 20.3. The van der Waals surface area contributed by atoms with Gasteiger partial charge in [-0.25, -0.2) is 0 Å². The lowest BCUT2D eigenvalue weighted by molar-refractivity contribution is -0.116. The number of amides is 1. The number of ketones is 1. The molecule has 1 aliphatic heterocycles. The summed E-state index contributed by atoms with van der Waals surface area (Å²) < 4.78 is 4.94. The van der Waals surface area contributed by atoms with E-state index in [1.54, 1.807) is 14.1 Å².